The zero-order chi connectivity index (χ0) is 17.7. The monoisotopic (exact) mass is 340 g/mol. The Morgan fingerprint density at radius 3 is 2.21 bits per heavy atom. The fourth-order valence-electron chi connectivity index (χ4n) is 2.70. The van der Waals surface area contributed by atoms with E-state index >= 15 is 0 Å². The molecular weight excluding hydrogens is 316 g/mol. The molecule has 134 valence electrons. The summed E-state index contributed by atoms with van der Waals surface area (Å²) in [5.74, 6) is -0.592. The summed E-state index contributed by atoms with van der Waals surface area (Å²) in [5, 5.41) is 40.4. The Bertz CT molecular complexity index is 521. The standard InChI is InChI=1S/C17H24O7/c1-2-6-11(18)24-17-14(21)12(19)13(20)16(15(17)22)23-9-10-7-4-3-5-8-10/h3-5,7-8,12-17,19-22H,2,6,9H2,1H3/t12-,13+,14-,15+,16-,17+/m0/s1. The van der Waals surface area contributed by atoms with E-state index in [0.29, 0.717) is 6.42 Å². The highest BCUT2D eigenvalue weighted by atomic mass is 16.6. The van der Waals surface area contributed by atoms with Crippen LogP contribution in [0, 0.1) is 0 Å². The summed E-state index contributed by atoms with van der Waals surface area (Å²) in [5.41, 5.74) is 0.817. The molecule has 0 heterocycles. The first-order valence-electron chi connectivity index (χ1n) is 8.03. The number of aliphatic hydroxyl groups excluding tert-OH is 4. The minimum Gasteiger partial charge on any atom is -0.457 e. The molecule has 0 amide bonds. The van der Waals surface area contributed by atoms with Gasteiger partial charge in [-0.15, -0.1) is 0 Å². The van der Waals surface area contributed by atoms with Crippen LogP contribution in [0.4, 0.5) is 0 Å². The van der Waals surface area contributed by atoms with Crippen LogP contribution in [-0.2, 0) is 20.9 Å². The Balaban J connectivity index is 2.06. The van der Waals surface area contributed by atoms with Crippen LogP contribution >= 0.6 is 0 Å². The van der Waals surface area contributed by atoms with Gasteiger partial charge >= 0.3 is 5.97 Å². The van der Waals surface area contributed by atoms with Crippen molar-refractivity contribution in [3.05, 3.63) is 35.9 Å². The summed E-state index contributed by atoms with van der Waals surface area (Å²) in [4.78, 5) is 11.6. The van der Waals surface area contributed by atoms with Crippen molar-refractivity contribution in [2.75, 3.05) is 0 Å². The third kappa shape index (κ3) is 4.31. The predicted octanol–water partition coefficient (Wildman–Crippen LogP) is -0.259. The Kier molecular flexibility index (Phi) is 6.70. The number of carbonyl (C=O) groups excluding carboxylic acids is 1. The van der Waals surface area contributed by atoms with Gasteiger partial charge in [-0.1, -0.05) is 37.3 Å². The van der Waals surface area contributed by atoms with Gasteiger partial charge < -0.3 is 29.9 Å². The van der Waals surface area contributed by atoms with Gasteiger partial charge in [0, 0.05) is 6.42 Å². The average molecular weight is 340 g/mol. The lowest BCUT2D eigenvalue weighted by Crippen LogP contribution is -2.65. The summed E-state index contributed by atoms with van der Waals surface area (Å²) in [7, 11) is 0. The first kappa shape index (κ1) is 18.8. The lowest BCUT2D eigenvalue weighted by atomic mass is 9.84. The summed E-state index contributed by atoms with van der Waals surface area (Å²) >= 11 is 0. The van der Waals surface area contributed by atoms with Crippen molar-refractivity contribution in [1.29, 1.82) is 0 Å². The summed E-state index contributed by atoms with van der Waals surface area (Å²) in [6.45, 7) is 1.89. The van der Waals surface area contributed by atoms with E-state index in [0.717, 1.165) is 5.56 Å². The highest BCUT2D eigenvalue weighted by Gasteiger charge is 2.51. The van der Waals surface area contributed by atoms with Crippen molar-refractivity contribution < 1.29 is 34.7 Å². The zero-order valence-corrected chi connectivity index (χ0v) is 13.5. The van der Waals surface area contributed by atoms with Gasteiger partial charge in [-0.05, 0) is 12.0 Å². The minimum absolute atomic E-state index is 0.0953. The second kappa shape index (κ2) is 8.55. The van der Waals surface area contributed by atoms with Crippen molar-refractivity contribution in [3.63, 3.8) is 0 Å². The number of ether oxygens (including phenoxy) is 2. The quantitative estimate of drug-likeness (QED) is 0.527. The molecule has 1 aliphatic carbocycles. The molecule has 1 aromatic carbocycles. The van der Waals surface area contributed by atoms with Crippen LogP contribution in [-0.4, -0.2) is 63.0 Å². The van der Waals surface area contributed by atoms with E-state index in [9.17, 15) is 25.2 Å². The number of esters is 1. The third-order valence-corrected chi connectivity index (χ3v) is 4.05. The number of rotatable bonds is 6. The molecule has 4 N–H and O–H groups in total. The van der Waals surface area contributed by atoms with Gasteiger partial charge in [-0.25, -0.2) is 0 Å². The van der Waals surface area contributed by atoms with Crippen molar-refractivity contribution >= 4 is 5.97 Å². The van der Waals surface area contributed by atoms with Crippen molar-refractivity contribution in [2.24, 2.45) is 0 Å². The molecule has 0 aliphatic heterocycles. The maximum Gasteiger partial charge on any atom is 0.306 e. The molecule has 7 heteroatoms. The van der Waals surface area contributed by atoms with Crippen molar-refractivity contribution in [1.82, 2.24) is 0 Å². The number of hydrogen-bond acceptors (Lipinski definition) is 7. The molecule has 6 atom stereocenters. The molecule has 7 nitrogen and oxygen atoms in total. The SMILES string of the molecule is CCCC(=O)O[C@H]1[C@H](O)[C@@H](OCc2ccccc2)[C@H](O)[C@H](O)[C@@H]1O. The molecule has 2 rings (SSSR count). The van der Waals surface area contributed by atoms with Crippen LogP contribution in [0.1, 0.15) is 25.3 Å². The summed E-state index contributed by atoms with van der Waals surface area (Å²) < 4.78 is 10.6. The molecule has 1 aromatic rings. The molecule has 1 aliphatic rings. The largest absolute Gasteiger partial charge is 0.457 e. The van der Waals surface area contributed by atoms with E-state index in [2.05, 4.69) is 0 Å². The average Bonchev–Trinajstić information content (AvgIpc) is 2.58. The highest BCUT2D eigenvalue weighted by molar-refractivity contribution is 5.69. The highest BCUT2D eigenvalue weighted by Crippen LogP contribution is 2.27. The first-order valence-corrected chi connectivity index (χ1v) is 8.03. The third-order valence-electron chi connectivity index (χ3n) is 4.05. The smallest absolute Gasteiger partial charge is 0.306 e. The van der Waals surface area contributed by atoms with E-state index in [-0.39, 0.29) is 13.0 Å². The molecule has 0 spiro atoms. The molecule has 0 saturated heterocycles. The van der Waals surface area contributed by atoms with Gasteiger partial charge in [-0.2, -0.15) is 0 Å². The van der Waals surface area contributed by atoms with Crippen molar-refractivity contribution in [3.8, 4) is 0 Å². The lowest BCUT2D eigenvalue weighted by molar-refractivity contribution is -0.245. The maximum atomic E-state index is 11.6. The molecule has 0 unspecified atom stereocenters. The molecule has 0 bridgehead atoms. The molecule has 1 saturated carbocycles. The van der Waals surface area contributed by atoms with Crippen LogP contribution in [0.3, 0.4) is 0 Å². The Morgan fingerprint density at radius 1 is 0.958 bits per heavy atom. The summed E-state index contributed by atoms with van der Waals surface area (Å²) in [6.07, 6.45) is -8.00. The first-order chi connectivity index (χ1) is 11.5. The van der Waals surface area contributed by atoms with Gasteiger partial charge in [-0.3, -0.25) is 4.79 Å². The fraction of sp³-hybridized carbons (Fsp3) is 0.588. The topological polar surface area (TPSA) is 116 Å². The molecule has 0 aromatic heterocycles. The number of aliphatic hydroxyl groups is 4. The van der Waals surface area contributed by atoms with Gasteiger partial charge in [0.05, 0.1) is 6.61 Å². The van der Waals surface area contributed by atoms with Gasteiger partial charge in [0.15, 0.2) is 6.10 Å². The minimum atomic E-state index is -1.59. The molecule has 24 heavy (non-hydrogen) atoms. The van der Waals surface area contributed by atoms with Crippen molar-refractivity contribution in [2.45, 2.75) is 63.0 Å². The van der Waals surface area contributed by atoms with Crippen LogP contribution in [0.5, 0.6) is 0 Å². The van der Waals surface area contributed by atoms with Crippen LogP contribution in [0.2, 0.25) is 0 Å². The fourth-order valence-corrected chi connectivity index (χ4v) is 2.70. The van der Waals surface area contributed by atoms with Gasteiger partial charge in [0.25, 0.3) is 0 Å². The second-order valence-corrected chi connectivity index (χ2v) is 5.93. The molecular formula is C17H24O7. The Labute approximate surface area is 140 Å². The van der Waals surface area contributed by atoms with E-state index in [4.69, 9.17) is 9.47 Å². The van der Waals surface area contributed by atoms with Crippen LogP contribution in [0.25, 0.3) is 0 Å². The maximum absolute atomic E-state index is 11.6. The van der Waals surface area contributed by atoms with E-state index < -0.39 is 42.6 Å². The van der Waals surface area contributed by atoms with E-state index in [1.807, 2.05) is 30.3 Å². The molecule has 1 fully saturated rings. The zero-order valence-electron chi connectivity index (χ0n) is 13.5. The number of hydrogen-bond donors (Lipinski definition) is 4. The van der Waals surface area contributed by atoms with Gasteiger partial charge in [0.2, 0.25) is 0 Å². The van der Waals surface area contributed by atoms with E-state index in [1.165, 1.54) is 0 Å². The Morgan fingerprint density at radius 2 is 1.58 bits per heavy atom. The normalized spacial score (nSPS) is 33.2. The van der Waals surface area contributed by atoms with Crippen LogP contribution in [0.15, 0.2) is 30.3 Å². The summed E-state index contributed by atoms with van der Waals surface area (Å²) in [6, 6.07) is 9.11. The Hall–Kier alpha value is -1.51. The number of benzene rings is 1. The molecule has 0 radical (unpaired) electrons. The number of carbonyl (C=O) groups is 1. The van der Waals surface area contributed by atoms with E-state index in [1.54, 1.807) is 6.92 Å². The second-order valence-electron chi connectivity index (χ2n) is 5.93. The predicted molar refractivity (Wildman–Crippen MR) is 83.8 cm³/mol. The van der Waals surface area contributed by atoms with Crippen LogP contribution < -0.4 is 0 Å². The van der Waals surface area contributed by atoms with Gasteiger partial charge in [0.1, 0.15) is 30.5 Å². The lowest BCUT2D eigenvalue weighted by Gasteiger charge is -2.43.